The molecule has 1 amide bonds. The van der Waals surface area contributed by atoms with Crippen LogP contribution in [-0.2, 0) is 4.79 Å². The van der Waals surface area contributed by atoms with Crippen LogP contribution in [0.5, 0.6) is 0 Å². The van der Waals surface area contributed by atoms with E-state index in [2.05, 4.69) is 22.3 Å². The fraction of sp³-hybridized carbons (Fsp3) is 0.296. The van der Waals surface area contributed by atoms with E-state index >= 15 is 0 Å². The van der Waals surface area contributed by atoms with Gasteiger partial charge in [0.15, 0.2) is 0 Å². The molecule has 0 radical (unpaired) electrons. The average Bonchev–Trinajstić information content (AvgIpc) is 3.40. The molecule has 1 fully saturated rings. The van der Waals surface area contributed by atoms with E-state index in [1.807, 2.05) is 48.5 Å². The van der Waals surface area contributed by atoms with E-state index in [4.69, 9.17) is 23.2 Å². The van der Waals surface area contributed by atoms with Crippen LogP contribution in [0.3, 0.4) is 0 Å². The maximum atomic E-state index is 13.6. The number of benzene rings is 3. The molecular formula is C27H27Cl2N3O3. The molecule has 1 aliphatic heterocycles. The van der Waals surface area contributed by atoms with E-state index in [1.54, 1.807) is 6.92 Å². The minimum absolute atomic E-state index is 0.0788. The monoisotopic (exact) mass is 511 g/mol. The molecule has 2 unspecified atom stereocenters. The number of carbonyl (C=O) groups is 1. The average molecular weight is 512 g/mol. The van der Waals surface area contributed by atoms with E-state index in [9.17, 15) is 14.9 Å². The zero-order valence-corrected chi connectivity index (χ0v) is 20.9. The predicted octanol–water partition coefficient (Wildman–Crippen LogP) is 6.70. The van der Waals surface area contributed by atoms with Gasteiger partial charge in [-0.1, -0.05) is 83.9 Å². The van der Waals surface area contributed by atoms with Crippen LogP contribution in [-0.4, -0.2) is 28.8 Å². The van der Waals surface area contributed by atoms with Crippen molar-refractivity contribution in [2.24, 2.45) is 0 Å². The molecule has 35 heavy (non-hydrogen) atoms. The molecule has 1 aliphatic rings. The van der Waals surface area contributed by atoms with Crippen LogP contribution in [0.2, 0.25) is 10.0 Å². The summed E-state index contributed by atoms with van der Waals surface area (Å²) in [6.45, 7) is 3.52. The van der Waals surface area contributed by atoms with Gasteiger partial charge in [0.25, 0.3) is 5.69 Å². The van der Waals surface area contributed by atoms with Gasteiger partial charge in [0.05, 0.1) is 33.0 Å². The summed E-state index contributed by atoms with van der Waals surface area (Å²) in [6.07, 6.45) is 2.20. The van der Waals surface area contributed by atoms with Gasteiger partial charge in [-0.15, -0.1) is 0 Å². The zero-order chi connectivity index (χ0) is 24.9. The lowest BCUT2D eigenvalue weighted by Crippen LogP contribution is -2.41. The highest BCUT2D eigenvalue weighted by molar-refractivity contribution is 6.42. The Labute approximate surface area is 215 Å². The van der Waals surface area contributed by atoms with Gasteiger partial charge in [0.1, 0.15) is 0 Å². The van der Waals surface area contributed by atoms with Crippen molar-refractivity contribution in [2.75, 3.05) is 13.1 Å². The molecule has 182 valence electrons. The summed E-state index contributed by atoms with van der Waals surface area (Å²) >= 11 is 12.2. The Hall–Kier alpha value is -2.93. The summed E-state index contributed by atoms with van der Waals surface area (Å²) in [7, 11) is 0. The largest absolute Gasteiger partial charge is 0.347 e. The number of hydrogen-bond donors (Lipinski definition) is 1. The van der Waals surface area contributed by atoms with Crippen LogP contribution >= 0.6 is 23.2 Å². The van der Waals surface area contributed by atoms with Crippen molar-refractivity contribution in [3.63, 3.8) is 0 Å². The minimum atomic E-state index is -0.814. The zero-order valence-electron chi connectivity index (χ0n) is 19.4. The Morgan fingerprint density at radius 3 is 2.06 bits per heavy atom. The van der Waals surface area contributed by atoms with Crippen molar-refractivity contribution >= 4 is 34.8 Å². The Balaban J connectivity index is 1.72. The van der Waals surface area contributed by atoms with E-state index in [0.717, 1.165) is 37.1 Å². The number of amides is 1. The van der Waals surface area contributed by atoms with Crippen LogP contribution < -0.4 is 5.32 Å². The highest BCUT2D eigenvalue weighted by Crippen LogP contribution is 2.38. The van der Waals surface area contributed by atoms with Crippen molar-refractivity contribution in [2.45, 2.75) is 37.8 Å². The SMILES string of the molecule is CC(C(=O)N[C@@H](c1ccccc1)C(c1ccccc1)N1CCCC1)c1cc(Cl)c(Cl)cc1[N+](=O)[O-]. The number of nitrogens with zero attached hydrogens (tertiary/aromatic N) is 2. The lowest BCUT2D eigenvalue weighted by molar-refractivity contribution is -0.385. The molecule has 3 aromatic rings. The first-order valence-electron chi connectivity index (χ1n) is 11.6. The second-order valence-corrected chi connectivity index (χ2v) is 9.61. The number of likely N-dealkylation sites (tertiary alicyclic amines) is 1. The van der Waals surface area contributed by atoms with E-state index in [1.165, 1.54) is 12.1 Å². The molecule has 8 heteroatoms. The molecule has 0 aliphatic carbocycles. The van der Waals surface area contributed by atoms with Gasteiger partial charge in [0, 0.05) is 11.6 Å². The summed E-state index contributed by atoms with van der Waals surface area (Å²) in [4.78, 5) is 27.2. The lowest BCUT2D eigenvalue weighted by atomic mass is 9.90. The fourth-order valence-corrected chi connectivity index (χ4v) is 5.10. The highest BCUT2D eigenvalue weighted by atomic mass is 35.5. The first-order valence-corrected chi connectivity index (χ1v) is 12.4. The quantitative estimate of drug-likeness (QED) is 0.269. The molecule has 1 saturated heterocycles. The van der Waals surface area contributed by atoms with Crippen LogP contribution in [0.25, 0.3) is 0 Å². The number of nitro benzene ring substituents is 1. The Morgan fingerprint density at radius 1 is 0.943 bits per heavy atom. The molecule has 0 bridgehead atoms. The van der Waals surface area contributed by atoms with Gasteiger partial charge in [0.2, 0.25) is 5.91 Å². The second kappa shape index (κ2) is 11.2. The number of carbonyl (C=O) groups excluding carboxylic acids is 1. The molecule has 0 spiro atoms. The summed E-state index contributed by atoms with van der Waals surface area (Å²) in [6, 6.07) is 22.2. The minimum Gasteiger partial charge on any atom is -0.347 e. The van der Waals surface area contributed by atoms with Gasteiger partial charge in [-0.2, -0.15) is 0 Å². The topological polar surface area (TPSA) is 75.5 Å². The van der Waals surface area contributed by atoms with Gasteiger partial charge < -0.3 is 5.32 Å². The maximum Gasteiger partial charge on any atom is 0.274 e. The summed E-state index contributed by atoms with van der Waals surface area (Å²) in [5, 5.41) is 15.2. The summed E-state index contributed by atoms with van der Waals surface area (Å²) in [5.41, 5.74) is 2.08. The van der Waals surface area contributed by atoms with Gasteiger partial charge in [-0.05, 0) is 50.0 Å². The lowest BCUT2D eigenvalue weighted by Gasteiger charge is -2.36. The van der Waals surface area contributed by atoms with Crippen LogP contribution in [0.4, 0.5) is 5.69 Å². The molecule has 0 saturated carbocycles. The fourth-order valence-electron chi connectivity index (χ4n) is 4.77. The molecule has 6 nitrogen and oxygen atoms in total. The normalized spacial score (nSPS) is 16.4. The molecule has 1 N–H and O–H groups in total. The third-order valence-electron chi connectivity index (χ3n) is 6.57. The number of rotatable bonds is 8. The van der Waals surface area contributed by atoms with E-state index < -0.39 is 10.8 Å². The van der Waals surface area contributed by atoms with Crippen molar-refractivity contribution in [1.29, 1.82) is 0 Å². The summed E-state index contributed by atoms with van der Waals surface area (Å²) < 4.78 is 0. The van der Waals surface area contributed by atoms with Crippen molar-refractivity contribution in [3.8, 4) is 0 Å². The van der Waals surface area contributed by atoms with Crippen molar-refractivity contribution < 1.29 is 9.72 Å². The van der Waals surface area contributed by atoms with Crippen LogP contribution in [0.1, 0.15) is 54.5 Å². The number of hydrogen-bond acceptors (Lipinski definition) is 4. The molecule has 0 aromatic heterocycles. The Bertz CT molecular complexity index is 1190. The Morgan fingerprint density at radius 2 is 1.49 bits per heavy atom. The van der Waals surface area contributed by atoms with Crippen LogP contribution in [0.15, 0.2) is 72.8 Å². The number of nitrogens with one attached hydrogen (secondary N) is 1. The number of halogens is 2. The van der Waals surface area contributed by atoms with Crippen LogP contribution in [0, 0.1) is 10.1 Å². The van der Waals surface area contributed by atoms with Gasteiger partial charge in [-0.3, -0.25) is 19.8 Å². The first-order chi connectivity index (χ1) is 16.9. The molecule has 3 aromatic carbocycles. The third kappa shape index (κ3) is 5.67. The van der Waals surface area contributed by atoms with E-state index in [-0.39, 0.29) is 39.3 Å². The Kier molecular flexibility index (Phi) is 8.06. The first kappa shape index (κ1) is 25.2. The van der Waals surface area contributed by atoms with Gasteiger partial charge >= 0.3 is 0 Å². The van der Waals surface area contributed by atoms with Crippen molar-refractivity contribution in [3.05, 3.63) is 110 Å². The maximum absolute atomic E-state index is 13.6. The molecule has 4 rings (SSSR count). The predicted molar refractivity (Wildman–Crippen MR) is 139 cm³/mol. The highest BCUT2D eigenvalue weighted by Gasteiger charge is 2.35. The molecule has 1 heterocycles. The third-order valence-corrected chi connectivity index (χ3v) is 7.30. The smallest absolute Gasteiger partial charge is 0.274 e. The van der Waals surface area contributed by atoms with Crippen molar-refractivity contribution in [1.82, 2.24) is 10.2 Å². The van der Waals surface area contributed by atoms with Gasteiger partial charge in [-0.25, -0.2) is 0 Å². The molecular weight excluding hydrogens is 485 g/mol. The van der Waals surface area contributed by atoms with E-state index in [0.29, 0.717) is 0 Å². The summed E-state index contributed by atoms with van der Waals surface area (Å²) in [5.74, 6) is -1.13. The second-order valence-electron chi connectivity index (χ2n) is 8.80. The standard InChI is InChI=1S/C27H27Cl2N3O3/c1-18(21-16-22(28)23(29)17-24(21)32(34)35)27(33)30-25(19-10-4-2-5-11-19)26(31-14-8-9-15-31)20-12-6-3-7-13-20/h2-7,10-13,16-18,25-26H,8-9,14-15H2,1H3,(H,30,33)/t18?,25-,26?/m0/s1. The number of nitro groups is 1. The molecule has 3 atom stereocenters.